The Bertz CT molecular complexity index is 1700. The molecule has 0 aromatic heterocycles. The van der Waals surface area contributed by atoms with Gasteiger partial charge in [-0.15, -0.1) is 0 Å². The molecule has 248 valence electrons. The first kappa shape index (κ1) is 32.4. The average molecular weight is 678 g/mol. The maximum Gasteiger partial charge on any atom is 0.308 e. The first-order valence-corrected chi connectivity index (χ1v) is 17.5. The second-order valence-electron chi connectivity index (χ2n) is 14.2. The Balaban J connectivity index is 1.28. The van der Waals surface area contributed by atoms with Gasteiger partial charge in [0.1, 0.15) is 6.10 Å². The fourth-order valence-electron chi connectivity index (χ4n) is 9.08. The van der Waals surface area contributed by atoms with E-state index in [0.717, 1.165) is 36.2 Å². The molecule has 3 aromatic carbocycles. The highest BCUT2D eigenvalue weighted by molar-refractivity contribution is 6.42. The number of hydrogen-bond donors (Lipinski definition) is 1. The molecule has 5 atom stereocenters. The van der Waals surface area contributed by atoms with Gasteiger partial charge in [-0.2, -0.15) is 0 Å². The van der Waals surface area contributed by atoms with Crippen molar-refractivity contribution in [3.63, 3.8) is 0 Å². The molecule has 1 spiro atoms. The molecule has 1 N–H and O–H groups in total. The summed E-state index contributed by atoms with van der Waals surface area (Å²) in [5.41, 5.74) is 2.33. The van der Waals surface area contributed by atoms with Gasteiger partial charge in [0.25, 0.3) is 0 Å². The summed E-state index contributed by atoms with van der Waals surface area (Å²) in [6, 6.07) is 19.3. The van der Waals surface area contributed by atoms with Crippen LogP contribution in [-0.4, -0.2) is 70.2 Å². The van der Waals surface area contributed by atoms with E-state index in [1.165, 1.54) is 12.5 Å². The number of hydrogen-bond acceptors (Lipinski definition) is 6. The second kappa shape index (κ2) is 12.4. The van der Waals surface area contributed by atoms with Crippen molar-refractivity contribution >= 4 is 35.1 Å². The van der Waals surface area contributed by atoms with Gasteiger partial charge in [-0.3, -0.25) is 14.5 Å². The molecule has 4 aliphatic rings. The molecule has 2 heterocycles. The molecule has 2 bridgehead atoms. The number of ether oxygens (including phenoxy) is 2. The lowest BCUT2D eigenvalue weighted by molar-refractivity contribution is -0.201. The Labute approximate surface area is 286 Å². The van der Waals surface area contributed by atoms with Gasteiger partial charge in [0.05, 0.1) is 33.5 Å². The van der Waals surface area contributed by atoms with Crippen LogP contribution in [0.25, 0.3) is 0 Å². The Kier molecular flexibility index (Phi) is 8.57. The van der Waals surface area contributed by atoms with Crippen LogP contribution < -0.4 is 9.47 Å². The van der Waals surface area contributed by atoms with Crippen LogP contribution >= 0.6 is 23.2 Å². The molecule has 1 saturated heterocycles. The summed E-state index contributed by atoms with van der Waals surface area (Å²) in [5, 5.41) is 14.0. The highest BCUT2D eigenvalue weighted by atomic mass is 35.5. The summed E-state index contributed by atoms with van der Waals surface area (Å²) < 4.78 is 12.7. The first-order valence-electron chi connectivity index (χ1n) is 16.8. The number of carbonyl (C=O) groups excluding carboxylic acids is 2. The van der Waals surface area contributed by atoms with Crippen molar-refractivity contribution in [3.05, 3.63) is 93.0 Å². The highest BCUT2D eigenvalue weighted by Crippen LogP contribution is 2.66. The number of halogens is 2. The summed E-state index contributed by atoms with van der Waals surface area (Å²) in [7, 11) is 0. The molecule has 2 fully saturated rings. The van der Waals surface area contributed by atoms with Crippen LogP contribution in [0.4, 0.5) is 0 Å². The topological polar surface area (TPSA) is 79.3 Å². The zero-order valence-corrected chi connectivity index (χ0v) is 28.7. The molecule has 47 heavy (non-hydrogen) atoms. The van der Waals surface area contributed by atoms with Gasteiger partial charge in [0.2, 0.25) is 5.91 Å². The van der Waals surface area contributed by atoms with Crippen molar-refractivity contribution < 1.29 is 24.2 Å². The zero-order valence-electron chi connectivity index (χ0n) is 27.2. The fraction of sp³-hybridized carbons (Fsp3) is 0.474. The molecule has 7 rings (SSSR count). The van der Waals surface area contributed by atoms with Crippen LogP contribution in [0.2, 0.25) is 10.0 Å². The fourth-order valence-corrected chi connectivity index (χ4v) is 9.40. The van der Waals surface area contributed by atoms with Crippen LogP contribution in [0.1, 0.15) is 62.3 Å². The lowest BCUT2D eigenvalue weighted by Crippen LogP contribution is -2.78. The zero-order chi connectivity index (χ0) is 33.1. The molecule has 7 nitrogen and oxygen atoms in total. The first-order chi connectivity index (χ1) is 22.5. The smallest absolute Gasteiger partial charge is 0.308 e. The third-order valence-electron chi connectivity index (χ3n) is 10.9. The molecule has 2 aliphatic carbocycles. The van der Waals surface area contributed by atoms with Crippen molar-refractivity contribution in [2.24, 2.45) is 5.92 Å². The van der Waals surface area contributed by atoms with E-state index >= 15 is 0 Å². The third kappa shape index (κ3) is 5.44. The van der Waals surface area contributed by atoms with E-state index in [9.17, 15) is 14.7 Å². The quantitative estimate of drug-likeness (QED) is 0.208. The van der Waals surface area contributed by atoms with Crippen LogP contribution in [0.15, 0.2) is 60.7 Å². The number of amides is 1. The van der Waals surface area contributed by atoms with E-state index < -0.39 is 23.1 Å². The van der Waals surface area contributed by atoms with E-state index in [2.05, 4.69) is 43.0 Å². The van der Waals surface area contributed by atoms with Gasteiger partial charge in [0.15, 0.2) is 11.5 Å². The number of aliphatic hydroxyl groups is 1. The molecular weight excluding hydrogens is 635 g/mol. The van der Waals surface area contributed by atoms with Gasteiger partial charge < -0.3 is 19.5 Å². The number of piperidine rings is 1. The van der Waals surface area contributed by atoms with Crippen molar-refractivity contribution in [1.82, 2.24) is 9.80 Å². The Hall–Kier alpha value is -3.10. The average Bonchev–Trinajstić information content (AvgIpc) is 3.38. The number of nitrogens with zero attached hydrogens (tertiary/aromatic N) is 2. The molecule has 1 amide bonds. The van der Waals surface area contributed by atoms with E-state index in [-0.39, 0.29) is 30.3 Å². The molecular formula is C38H42Cl2N2O5. The van der Waals surface area contributed by atoms with Crippen LogP contribution in [0.3, 0.4) is 0 Å². The Morgan fingerprint density at radius 1 is 1.06 bits per heavy atom. The largest absolute Gasteiger partial charge is 0.483 e. The molecule has 2 unspecified atom stereocenters. The van der Waals surface area contributed by atoms with Crippen molar-refractivity contribution in [2.45, 2.75) is 88.5 Å². The summed E-state index contributed by atoms with van der Waals surface area (Å²) >= 11 is 12.5. The molecule has 0 radical (unpaired) electrons. The van der Waals surface area contributed by atoms with Gasteiger partial charge in [0, 0.05) is 31.6 Å². The minimum absolute atomic E-state index is 0.0171. The van der Waals surface area contributed by atoms with Crippen LogP contribution in [-0.2, 0) is 34.3 Å². The van der Waals surface area contributed by atoms with Crippen molar-refractivity contribution in [3.8, 4) is 11.5 Å². The monoisotopic (exact) mass is 676 g/mol. The number of carbonyl (C=O) groups is 2. The maximum absolute atomic E-state index is 14.3. The van der Waals surface area contributed by atoms with E-state index in [4.69, 9.17) is 32.7 Å². The Morgan fingerprint density at radius 2 is 1.85 bits per heavy atom. The third-order valence-corrected chi connectivity index (χ3v) is 11.7. The number of esters is 1. The predicted octanol–water partition coefficient (Wildman–Crippen LogP) is 6.41. The van der Waals surface area contributed by atoms with Crippen molar-refractivity contribution in [2.75, 3.05) is 19.6 Å². The van der Waals surface area contributed by atoms with Gasteiger partial charge >= 0.3 is 5.97 Å². The summed E-state index contributed by atoms with van der Waals surface area (Å²) in [4.78, 5) is 30.9. The minimum atomic E-state index is -1.08. The minimum Gasteiger partial charge on any atom is -0.483 e. The summed E-state index contributed by atoms with van der Waals surface area (Å²) in [6.45, 7) is 7.80. The summed E-state index contributed by atoms with van der Waals surface area (Å²) in [5.74, 6) is 0.693. The molecule has 1 saturated carbocycles. The van der Waals surface area contributed by atoms with Crippen LogP contribution in [0.5, 0.6) is 11.5 Å². The normalized spacial score (nSPS) is 27.3. The molecule has 9 heteroatoms. The van der Waals surface area contributed by atoms with Gasteiger partial charge in [-0.05, 0) is 79.5 Å². The predicted molar refractivity (Wildman–Crippen MR) is 182 cm³/mol. The standard InChI is InChI=1S/C38H42Cl2N2O5/c1-23(2)22-42(33(44)20-26-9-11-28(39)29(40)19-26)30-13-15-38(45)32-21-27-10-12-31(46-24(3)43)35-34(27)37(38,36(30)47-35)16-18-41(32)17-14-25-7-5-4-6-8-25/h4-12,19,23,30,32,36,45H,13-18,20-22H2,1-3H3/t30?,32-,36?,37+,38-/m1/s1. The van der Waals surface area contributed by atoms with Gasteiger partial charge in [-0.1, -0.05) is 79.5 Å². The Morgan fingerprint density at radius 3 is 2.57 bits per heavy atom. The lowest BCUT2D eigenvalue weighted by atomic mass is 9.48. The van der Waals surface area contributed by atoms with E-state index in [0.29, 0.717) is 53.8 Å². The number of benzene rings is 3. The van der Waals surface area contributed by atoms with Crippen LogP contribution in [0, 0.1) is 5.92 Å². The van der Waals surface area contributed by atoms with E-state index in [1.54, 1.807) is 12.1 Å². The SMILES string of the molecule is CC(=O)Oc1ccc2c3c1OC1C(N(CC(C)C)C(=O)Cc4ccc(Cl)c(Cl)c4)CC[C@@]4(O)[C@@H](C2)N(CCc2ccccc2)CC[C@]314. The summed E-state index contributed by atoms with van der Waals surface area (Å²) in [6.07, 6.45) is 3.07. The van der Waals surface area contributed by atoms with E-state index in [1.807, 2.05) is 29.2 Å². The van der Waals surface area contributed by atoms with Crippen molar-refractivity contribution in [1.29, 1.82) is 0 Å². The number of likely N-dealkylation sites (tertiary alicyclic amines) is 1. The second-order valence-corrected chi connectivity index (χ2v) is 15.0. The molecule has 3 aromatic rings. The lowest BCUT2D eigenvalue weighted by Gasteiger charge is -2.65. The highest BCUT2D eigenvalue weighted by Gasteiger charge is 2.73. The molecule has 2 aliphatic heterocycles. The number of rotatable bonds is 9. The maximum atomic E-state index is 14.3. The van der Waals surface area contributed by atoms with Gasteiger partial charge in [-0.25, -0.2) is 0 Å².